The summed E-state index contributed by atoms with van der Waals surface area (Å²) in [4.78, 5) is 0. The van der Waals surface area contributed by atoms with Gasteiger partial charge in [0, 0.05) is 23.3 Å². The molecule has 0 aliphatic carbocycles. The third kappa shape index (κ3) is 6.04. The van der Waals surface area contributed by atoms with E-state index in [1.165, 1.54) is 12.1 Å². The molecule has 0 spiro atoms. The lowest BCUT2D eigenvalue weighted by atomic mass is 10.0. The average molecular weight is 495 g/mol. The van der Waals surface area contributed by atoms with Crippen molar-refractivity contribution in [3.63, 3.8) is 0 Å². The van der Waals surface area contributed by atoms with Crippen LogP contribution in [0, 0.1) is 40.9 Å². The number of ether oxygens (including phenoxy) is 1. The van der Waals surface area contributed by atoms with Gasteiger partial charge in [0.2, 0.25) is 0 Å². The second kappa shape index (κ2) is 11.3. The maximum atomic E-state index is 14.6. The van der Waals surface area contributed by atoms with Crippen LogP contribution < -0.4 is 4.74 Å². The fourth-order valence-corrected chi connectivity index (χ4v) is 3.82. The highest BCUT2D eigenvalue weighted by Gasteiger charge is 2.14. The summed E-state index contributed by atoms with van der Waals surface area (Å²) in [5.74, 6) is 1.75. The lowest BCUT2D eigenvalue weighted by Gasteiger charge is -2.10. The third-order valence-corrected chi connectivity index (χ3v) is 5.78. The van der Waals surface area contributed by atoms with Crippen molar-refractivity contribution in [2.75, 3.05) is 6.61 Å². The molecule has 0 aromatic heterocycles. The van der Waals surface area contributed by atoms with Crippen molar-refractivity contribution in [3.05, 3.63) is 112 Å². The van der Waals surface area contributed by atoms with Crippen molar-refractivity contribution >= 4 is 10.8 Å². The van der Waals surface area contributed by atoms with Crippen molar-refractivity contribution in [1.29, 1.82) is 0 Å². The predicted molar refractivity (Wildman–Crippen MR) is 130 cm³/mol. The van der Waals surface area contributed by atoms with Gasteiger partial charge in [0.15, 0.2) is 0 Å². The van der Waals surface area contributed by atoms with E-state index in [2.05, 4.69) is 11.8 Å². The van der Waals surface area contributed by atoms with Crippen LogP contribution >= 0.6 is 0 Å². The van der Waals surface area contributed by atoms with E-state index in [1.807, 2.05) is 6.92 Å². The van der Waals surface area contributed by atoms with Crippen LogP contribution in [0.5, 0.6) is 5.75 Å². The molecular formula is C30H23F5O. The van der Waals surface area contributed by atoms with E-state index in [-0.39, 0.29) is 35.5 Å². The number of halogens is 5. The molecule has 0 heterocycles. The topological polar surface area (TPSA) is 9.23 Å². The number of fused-ring (bicyclic) bond motifs is 1. The standard InChI is InChI=1S/C30H23F5O/c1-2-3-12-36-24-17-29(34)26(30(35)18-24)11-6-20-14-27(32)25(28(33)15-20)10-5-19-4-7-22-16-23(31)9-8-21(22)13-19/h4,7-9,13-18H,2-3,6,11-12H2,1H3. The van der Waals surface area contributed by atoms with Gasteiger partial charge in [0.1, 0.15) is 34.8 Å². The van der Waals surface area contributed by atoms with E-state index < -0.39 is 28.8 Å². The number of hydrogen-bond acceptors (Lipinski definition) is 1. The Morgan fingerprint density at radius 3 is 2.06 bits per heavy atom. The van der Waals surface area contributed by atoms with E-state index in [0.717, 1.165) is 42.5 Å². The molecule has 0 radical (unpaired) electrons. The van der Waals surface area contributed by atoms with E-state index in [4.69, 9.17) is 4.74 Å². The number of benzene rings is 4. The van der Waals surface area contributed by atoms with Gasteiger partial charge in [0.25, 0.3) is 0 Å². The van der Waals surface area contributed by atoms with Gasteiger partial charge in [-0.05, 0) is 72.0 Å². The van der Waals surface area contributed by atoms with Crippen LogP contribution in [0.3, 0.4) is 0 Å². The maximum absolute atomic E-state index is 14.6. The molecule has 36 heavy (non-hydrogen) atoms. The first-order valence-electron chi connectivity index (χ1n) is 11.6. The van der Waals surface area contributed by atoms with Crippen LogP contribution in [0.25, 0.3) is 10.8 Å². The number of rotatable bonds is 7. The minimum atomic E-state index is -0.860. The van der Waals surface area contributed by atoms with Crippen molar-refractivity contribution in [1.82, 2.24) is 0 Å². The van der Waals surface area contributed by atoms with E-state index in [9.17, 15) is 22.0 Å². The Hall–Kier alpha value is -3.85. The van der Waals surface area contributed by atoms with Crippen LogP contribution in [0.15, 0.2) is 60.7 Å². The van der Waals surface area contributed by atoms with Gasteiger partial charge in [-0.15, -0.1) is 0 Å². The molecule has 0 saturated carbocycles. The highest BCUT2D eigenvalue weighted by molar-refractivity contribution is 5.84. The smallest absolute Gasteiger partial charge is 0.142 e. The SMILES string of the molecule is CCCCOc1cc(F)c(CCc2cc(F)c(C#Cc3ccc4cc(F)ccc4c3)c(F)c2)c(F)c1. The Bertz CT molecular complexity index is 1420. The molecule has 6 heteroatoms. The molecule has 0 fully saturated rings. The first kappa shape index (κ1) is 25.2. The second-order valence-electron chi connectivity index (χ2n) is 8.46. The molecule has 4 aromatic carbocycles. The normalized spacial score (nSPS) is 10.8. The van der Waals surface area contributed by atoms with Crippen LogP contribution in [-0.2, 0) is 12.8 Å². The first-order valence-corrected chi connectivity index (χ1v) is 11.6. The average Bonchev–Trinajstić information content (AvgIpc) is 2.83. The monoisotopic (exact) mass is 494 g/mol. The Labute approximate surface area is 206 Å². The fraction of sp³-hybridized carbons (Fsp3) is 0.200. The summed E-state index contributed by atoms with van der Waals surface area (Å²) in [7, 11) is 0. The molecule has 0 aliphatic heterocycles. The predicted octanol–water partition coefficient (Wildman–Crippen LogP) is 7.90. The van der Waals surface area contributed by atoms with E-state index in [0.29, 0.717) is 17.6 Å². The zero-order chi connectivity index (χ0) is 25.7. The van der Waals surface area contributed by atoms with Gasteiger partial charge in [-0.1, -0.05) is 37.3 Å². The summed E-state index contributed by atoms with van der Waals surface area (Å²) >= 11 is 0. The van der Waals surface area contributed by atoms with Gasteiger partial charge in [0.05, 0.1) is 12.2 Å². The van der Waals surface area contributed by atoms with Gasteiger partial charge in [-0.3, -0.25) is 0 Å². The van der Waals surface area contributed by atoms with Gasteiger partial charge >= 0.3 is 0 Å². The number of hydrogen-bond donors (Lipinski definition) is 0. The molecule has 0 amide bonds. The summed E-state index contributed by atoms with van der Waals surface area (Å²) in [5.41, 5.74) is 0.206. The molecular weight excluding hydrogens is 471 g/mol. The molecule has 4 aromatic rings. The lowest BCUT2D eigenvalue weighted by Crippen LogP contribution is -2.03. The molecule has 0 aliphatic rings. The molecule has 4 rings (SSSR count). The lowest BCUT2D eigenvalue weighted by molar-refractivity contribution is 0.305. The van der Waals surface area contributed by atoms with Crippen molar-refractivity contribution < 1.29 is 26.7 Å². The number of unbranched alkanes of at least 4 members (excludes halogenated alkanes) is 1. The van der Waals surface area contributed by atoms with Gasteiger partial charge in [-0.2, -0.15) is 0 Å². The Kier molecular flexibility index (Phi) is 7.90. The van der Waals surface area contributed by atoms with Crippen LogP contribution in [0.2, 0.25) is 0 Å². The molecule has 1 nitrogen and oxygen atoms in total. The largest absolute Gasteiger partial charge is 0.493 e. The molecule has 0 unspecified atom stereocenters. The van der Waals surface area contributed by atoms with Gasteiger partial charge in [-0.25, -0.2) is 22.0 Å². The highest BCUT2D eigenvalue weighted by Crippen LogP contribution is 2.24. The summed E-state index contributed by atoms with van der Waals surface area (Å²) in [5, 5.41) is 1.44. The Balaban J connectivity index is 1.48. The zero-order valence-electron chi connectivity index (χ0n) is 19.6. The molecule has 0 bridgehead atoms. The second-order valence-corrected chi connectivity index (χ2v) is 8.46. The van der Waals surface area contributed by atoms with Crippen molar-refractivity contribution in [3.8, 4) is 17.6 Å². The fourth-order valence-electron chi connectivity index (χ4n) is 3.82. The van der Waals surface area contributed by atoms with Crippen LogP contribution in [-0.4, -0.2) is 6.61 Å². The van der Waals surface area contributed by atoms with Crippen LogP contribution in [0.1, 0.15) is 42.0 Å². The minimum absolute atomic E-state index is 0.0344. The first-order chi connectivity index (χ1) is 17.3. The van der Waals surface area contributed by atoms with Gasteiger partial charge < -0.3 is 4.74 Å². The summed E-state index contributed by atoms with van der Waals surface area (Å²) in [6.45, 7) is 2.34. The Morgan fingerprint density at radius 2 is 1.36 bits per heavy atom. The quantitative estimate of drug-likeness (QED) is 0.144. The van der Waals surface area contributed by atoms with Crippen LogP contribution in [0.4, 0.5) is 22.0 Å². The zero-order valence-corrected chi connectivity index (χ0v) is 19.6. The van der Waals surface area contributed by atoms with Crippen molar-refractivity contribution in [2.24, 2.45) is 0 Å². The Morgan fingerprint density at radius 1 is 0.694 bits per heavy atom. The molecule has 0 N–H and O–H groups in total. The molecule has 0 saturated heterocycles. The third-order valence-electron chi connectivity index (χ3n) is 5.78. The van der Waals surface area contributed by atoms with Crippen molar-refractivity contribution in [2.45, 2.75) is 32.6 Å². The molecule has 0 atom stereocenters. The molecule has 184 valence electrons. The number of aryl methyl sites for hydroxylation is 1. The van der Waals surface area contributed by atoms with E-state index in [1.54, 1.807) is 24.3 Å². The summed E-state index contributed by atoms with van der Waals surface area (Å²) < 4.78 is 76.8. The minimum Gasteiger partial charge on any atom is -0.493 e. The maximum Gasteiger partial charge on any atom is 0.142 e. The summed E-state index contributed by atoms with van der Waals surface area (Å²) in [6.07, 6.45) is 1.62. The van der Waals surface area contributed by atoms with E-state index >= 15 is 0 Å². The summed E-state index contributed by atoms with van der Waals surface area (Å²) in [6, 6.07) is 13.8. The highest BCUT2D eigenvalue weighted by atomic mass is 19.1.